The molecule has 1 heterocycles. The van der Waals surface area contributed by atoms with E-state index >= 15 is 0 Å². The smallest absolute Gasteiger partial charge is 0.270 e. The van der Waals surface area contributed by atoms with Gasteiger partial charge in [-0.2, -0.15) is 0 Å². The van der Waals surface area contributed by atoms with Gasteiger partial charge in [0.05, 0.1) is 17.0 Å². The highest BCUT2D eigenvalue weighted by Crippen LogP contribution is 2.44. The number of hydrogen-bond donors (Lipinski definition) is 2. The maximum absolute atomic E-state index is 10.7. The fourth-order valence-corrected chi connectivity index (χ4v) is 2.17. The highest BCUT2D eigenvalue weighted by Gasteiger charge is 2.41. The fourth-order valence-electron chi connectivity index (χ4n) is 2.17. The number of nitrogens with zero attached hydrogens (tertiary/aromatic N) is 2. The first-order valence-corrected chi connectivity index (χ1v) is 6.52. The molecule has 1 aromatic carbocycles. The maximum Gasteiger partial charge on any atom is 0.270 e. The maximum atomic E-state index is 10.7. The van der Waals surface area contributed by atoms with Gasteiger partial charge in [-0.05, 0) is 31.0 Å². The monoisotopic (exact) mass is 273 g/mol. The quantitative estimate of drug-likeness (QED) is 0.644. The van der Waals surface area contributed by atoms with Crippen LogP contribution in [0.25, 0.3) is 10.9 Å². The van der Waals surface area contributed by atoms with E-state index in [9.17, 15) is 15.2 Å². The molecule has 20 heavy (non-hydrogen) atoms. The van der Waals surface area contributed by atoms with Gasteiger partial charge >= 0.3 is 0 Å². The molecule has 6 nitrogen and oxygen atoms in total. The summed E-state index contributed by atoms with van der Waals surface area (Å²) < 4.78 is 0. The van der Waals surface area contributed by atoms with E-state index < -0.39 is 4.92 Å². The Bertz CT molecular complexity index is 668. The normalized spacial score (nSPS) is 16.1. The summed E-state index contributed by atoms with van der Waals surface area (Å²) in [5.74, 6) is 0.728. The molecule has 6 heteroatoms. The van der Waals surface area contributed by atoms with E-state index in [2.05, 4.69) is 10.3 Å². The van der Waals surface area contributed by atoms with Crippen molar-refractivity contribution >= 4 is 22.4 Å². The molecule has 1 aromatic heterocycles. The first-order valence-electron chi connectivity index (χ1n) is 6.52. The molecule has 0 aliphatic heterocycles. The van der Waals surface area contributed by atoms with E-state index in [4.69, 9.17) is 0 Å². The molecule has 0 amide bonds. The van der Waals surface area contributed by atoms with Crippen LogP contribution in [0.15, 0.2) is 30.3 Å². The van der Waals surface area contributed by atoms with Crippen molar-refractivity contribution in [3.63, 3.8) is 0 Å². The molecule has 0 atom stereocenters. The second-order valence-corrected chi connectivity index (χ2v) is 5.34. The van der Waals surface area contributed by atoms with Gasteiger partial charge in [0, 0.05) is 29.5 Å². The molecule has 2 aromatic rings. The van der Waals surface area contributed by atoms with Crippen LogP contribution in [0.5, 0.6) is 0 Å². The van der Waals surface area contributed by atoms with Crippen LogP contribution >= 0.6 is 0 Å². The summed E-state index contributed by atoms with van der Waals surface area (Å²) in [6, 6.07) is 8.24. The van der Waals surface area contributed by atoms with Crippen LogP contribution in [-0.4, -0.2) is 28.2 Å². The molecule has 0 spiro atoms. The number of fused-ring (bicyclic) bond motifs is 1. The third-order valence-corrected chi connectivity index (χ3v) is 3.82. The summed E-state index contributed by atoms with van der Waals surface area (Å²) in [4.78, 5) is 14.7. The van der Waals surface area contributed by atoms with Gasteiger partial charge in [-0.3, -0.25) is 10.1 Å². The number of anilines is 1. The second kappa shape index (κ2) is 4.72. The number of benzene rings is 1. The Balaban J connectivity index is 1.80. The van der Waals surface area contributed by atoms with Crippen molar-refractivity contribution in [3.8, 4) is 0 Å². The van der Waals surface area contributed by atoms with Crippen molar-refractivity contribution in [2.45, 2.75) is 12.8 Å². The number of nitro benzene ring substituents is 1. The van der Waals surface area contributed by atoms with Gasteiger partial charge in [0.15, 0.2) is 0 Å². The lowest BCUT2D eigenvalue weighted by atomic mass is 10.1. The minimum absolute atomic E-state index is 0.0200. The number of nitrogens with one attached hydrogen (secondary N) is 1. The molecule has 1 fully saturated rings. The summed E-state index contributed by atoms with van der Waals surface area (Å²) in [5, 5.41) is 23.9. The highest BCUT2D eigenvalue weighted by molar-refractivity contribution is 5.82. The summed E-state index contributed by atoms with van der Waals surface area (Å²) in [6.07, 6.45) is 2.08. The van der Waals surface area contributed by atoms with Gasteiger partial charge in [0.1, 0.15) is 5.82 Å². The first-order chi connectivity index (χ1) is 9.62. The molecular formula is C14H15N3O3. The zero-order chi connectivity index (χ0) is 14.2. The lowest BCUT2D eigenvalue weighted by Gasteiger charge is -2.13. The number of aromatic nitrogens is 1. The molecule has 1 aliphatic carbocycles. The van der Waals surface area contributed by atoms with Crippen molar-refractivity contribution in [2.24, 2.45) is 5.41 Å². The summed E-state index contributed by atoms with van der Waals surface area (Å²) in [6.45, 7) is 0.898. The number of hydrogen-bond acceptors (Lipinski definition) is 5. The van der Waals surface area contributed by atoms with Crippen LogP contribution in [0.3, 0.4) is 0 Å². The van der Waals surface area contributed by atoms with E-state index in [0.29, 0.717) is 6.54 Å². The minimum Gasteiger partial charge on any atom is -0.396 e. The van der Waals surface area contributed by atoms with Gasteiger partial charge in [-0.15, -0.1) is 0 Å². The third kappa shape index (κ3) is 2.42. The molecule has 0 saturated heterocycles. The number of nitro groups is 1. The predicted molar refractivity (Wildman–Crippen MR) is 75.6 cm³/mol. The van der Waals surface area contributed by atoms with Crippen LogP contribution in [-0.2, 0) is 0 Å². The van der Waals surface area contributed by atoms with Crippen molar-refractivity contribution in [1.82, 2.24) is 4.98 Å². The predicted octanol–water partition coefficient (Wildman–Crippen LogP) is 2.33. The summed E-state index contributed by atoms with van der Waals surface area (Å²) in [5.41, 5.74) is 0.804. The lowest BCUT2D eigenvalue weighted by Crippen LogP contribution is -2.19. The van der Waals surface area contributed by atoms with Gasteiger partial charge in [0.25, 0.3) is 5.69 Å². The molecule has 0 unspecified atom stereocenters. The van der Waals surface area contributed by atoms with Crippen LogP contribution in [0.1, 0.15) is 12.8 Å². The molecule has 0 radical (unpaired) electrons. The Labute approximate surface area is 115 Å². The Morgan fingerprint density at radius 2 is 2.15 bits per heavy atom. The average Bonchev–Trinajstić information content (AvgIpc) is 3.25. The van der Waals surface area contributed by atoms with Crippen LogP contribution < -0.4 is 5.32 Å². The second-order valence-electron chi connectivity index (χ2n) is 5.34. The molecule has 0 bridgehead atoms. The van der Waals surface area contributed by atoms with E-state index in [-0.39, 0.29) is 17.7 Å². The Hall–Kier alpha value is -2.21. The summed E-state index contributed by atoms with van der Waals surface area (Å²) >= 11 is 0. The lowest BCUT2D eigenvalue weighted by molar-refractivity contribution is -0.384. The standard InChI is InChI=1S/C14H15N3O3/c18-9-14(5-6-14)8-15-13-4-1-10-7-11(17(19)20)2-3-12(10)16-13/h1-4,7,18H,5-6,8-9H2,(H,15,16). The van der Waals surface area contributed by atoms with Gasteiger partial charge in [-0.1, -0.05) is 0 Å². The van der Waals surface area contributed by atoms with E-state index in [0.717, 1.165) is 29.6 Å². The topological polar surface area (TPSA) is 88.3 Å². The van der Waals surface area contributed by atoms with E-state index in [1.807, 2.05) is 6.07 Å². The Morgan fingerprint density at radius 3 is 2.80 bits per heavy atom. The molecule has 1 saturated carbocycles. The Kier molecular flexibility index (Phi) is 3.02. The molecule has 104 valence electrons. The number of aliphatic hydroxyl groups excluding tert-OH is 1. The SMILES string of the molecule is O=[N+]([O-])c1ccc2nc(NCC3(CO)CC3)ccc2c1. The third-order valence-electron chi connectivity index (χ3n) is 3.82. The Morgan fingerprint density at radius 1 is 1.35 bits per heavy atom. The van der Waals surface area contributed by atoms with Crippen molar-refractivity contribution in [2.75, 3.05) is 18.5 Å². The largest absolute Gasteiger partial charge is 0.396 e. The molecular weight excluding hydrogens is 258 g/mol. The van der Waals surface area contributed by atoms with Gasteiger partial charge in [-0.25, -0.2) is 4.98 Å². The van der Waals surface area contributed by atoms with E-state index in [1.165, 1.54) is 12.1 Å². The first kappa shape index (κ1) is 12.8. The number of rotatable bonds is 5. The fraction of sp³-hybridized carbons (Fsp3) is 0.357. The van der Waals surface area contributed by atoms with Gasteiger partial charge < -0.3 is 10.4 Å². The van der Waals surface area contributed by atoms with Crippen LogP contribution in [0.4, 0.5) is 11.5 Å². The van der Waals surface area contributed by atoms with Crippen molar-refractivity contribution in [3.05, 3.63) is 40.4 Å². The number of pyridine rings is 1. The average molecular weight is 273 g/mol. The zero-order valence-corrected chi connectivity index (χ0v) is 10.9. The van der Waals surface area contributed by atoms with Gasteiger partial charge in [0.2, 0.25) is 0 Å². The van der Waals surface area contributed by atoms with Crippen LogP contribution in [0, 0.1) is 15.5 Å². The highest BCUT2D eigenvalue weighted by atomic mass is 16.6. The molecule has 2 N–H and O–H groups in total. The van der Waals surface area contributed by atoms with Crippen LogP contribution in [0.2, 0.25) is 0 Å². The number of non-ortho nitro benzene ring substituents is 1. The zero-order valence-electron chi connectivity index (χ0n) is 10.9. The molecule has 1 aliphatic rings. The molecule has 3 rings (SSSR count). The minimum atomic E-state index is -0.413. The van der Waals surface area contributed by atoms with Crippen molar-refractivity contribution < 1.29 is 10.0 Å². The number of aliphatic hydroxyl groups is 1. The van der Waals surface area contributed by atoms with E-state index in [1.54, 1.807) is 12.1 Å². The van der Waals surface area contributed by atoms with Crippen molar-refractivity contribution in [1.29, 1.82) is 0 Å². The summed E-state index contributed by atoms with van der Waals surface area (Å²) in [7, 11) is 0.